The van der Waals surface area contributed by atoms with Crippen LogP contribution in [0, 0.1) is 0 Å². The van der Waals surface area contributed by atoms with E-state index in [0.29, 0.717) is 16.6 Å². The first-order chi connectivity index (χ1) is 7.61. The van der Waals surface area contributed by atoms with Crippen LogP contribution in [0.15, 0.2) is 22.7 Å². The number of hydrogen-bond acceptors (Lipinski definition) is 3. The fraction of sp³-hybridized carbons (Fsp3) is 0.100. The molecule has 1 aromatic carbocycles. The lowest BCUT2D eigenvalue weighted by atomic mass is 10.1. The van der Waals surface area contributed by atoms with E-state index in [1.807, 2.05) is 0 Å². The predicted molar refractivity (Wildman–Crippen MR) is 67.7 cm³/mol. The summed E-state index contributed by atoms with van der Waals surface area (Å²) in [7, 11) is 1.58. The maximum Gasteiger partial charge on any atom is 0.145 e. The molecule has 1 heterocycles. The minimum atomic E-state index is 0.431. The van der Waals surface area contributed by atoms with E-state index in [1.165, 1.54) is 0 Å². The molecule has 1 aromatic heterocycles. The van der Waals surface area contributed by atoms with Crippen LogP contribution in [0.25, 0.3) is 11.3 Å². The van der Waals surface area contributed by atoms with Crippen LogP contribution in [0.4, 0.5) is 5.82 Å². The molecule has 3 N–H and O–H groups in total. The molecule has 0 aliphatic carbocycles. The van der Waals surface area contributed by atoms with Crippen LogP contribution < -0.4 is 10.5 Å². The number of hydrogen-bond donors (Lipinski definition) is 2. The Kier molecular flexibility index (Phi) is 3.07. The normalized spacial score (nSPS) is 10.4. The van der Waals surface area contributed by atoms with Crippen LogP contribution in [0.1, 0.15) is 0 Å². The number of H-pyrrole nitrogens is 1. The highest BCUT2D eigenvalue weighted by molar-refractivity contribution is 9.10. The number of nitrogens with one attached hydrogen (secondary N) is 1. The van der Waals surface area contributed by atoms with Crippen molar-refractivity contribution in [2.24, 2.45) is 0 Å². The number of benzene rings is 1. The lowest BCUT2D eigenvalue weighted by Crippen LogP contribution is -1.88. The zero-order valence-electron chi connectivity index (χ0n) is 8.42. The number of halogens is 2. The number of methoxy groups -OCH3 is 1. The highest BCUT2D eigenvalue weighted by Gasteiger charge is 2.12. The van der Waals surface area contributed by atoms with Crippen LogP contribution in [0.3, 0.4) is 0 Å². The molecule has 16 heavy (non-hydrogen) atoms. The van der Waals surface area contributed by atoms with Crippen molar-refractivity contribution >= 4 is 33.3 Å². The Labute approximate surface area is 106 Å². The topological polar surface area (TPSA) is 63.9 Å². The molecule has 0 bridgehead atoms. The van der Waals surface area contributed by atoms with E-state index in [0.717, 1.165) is 15.7 Å². The van der Waals surface area contributed by atoms with Gasteiger partial charge in [-0.2, -0.15) is 5.10 Å². The molecule has 0 amide bonds. The smallest absolute Gasteiger partial charge is 0.145 e. The Hall–Kier alpha value is -1.20. The molecule has 0 saturated heterocycles. The second-order valence-corrected chi connectivity index (χ2v) is 4.41. The molecule has 6 heteroatoms. The van der Waals surface area contributed by atoms with Gasteiger partial charge in [0.05, 0.1) is 17.3 Å². The Morgan fingerprint density at radius 1 is 1.44 bits per heavy atom. The Bertz CT molecular complexity index is 527. The zero-order valence-corrected chi connectivity index (χ0v) is 10.8. The second kappa shape index (κ2) is 4.35. The van der Waals surface area contributed by atoms with Gasteiger partial charge in [-0.1, -0.05) is 11.6 Å². The molecule has 0 atom stereocenters. The van der Waals surface area contributed by atoms with Crippen molar-refractivity contribution in [1.29, 1.82) is 0 Å². The van der Waals surface area contributed by atoms with Crippen LogP contribution in [-0.2, 0) is 0 Å². The second-order valence-electron chi connectivity index (χ2n) is 3.18. The van der Waals surface area contributed by atoms with Gasteiger partial charge in [0.25, 0.3) is 0 Å². The van der Waals surface area contributed by atoms with Gasteiger partial charge in [-0.15, -0.1) is 0 Å². The first kappa shape index (κ1) is 11.3. The van der Waals surface area contributed by atoms with Crippen molar-refractivity contribution in [3.05, 3.63) is 27.7 Å². The zero-order chi connectivity index (χ0) is 11.7. The van der Waals surface area contributed by atoms with Crippen molar-refractivity contribution in [3.63, 3.8) is 0 Å². The van der Waals surface area contributed by atoms with Gasteiger partial charge in [-0.05, 0) is 28.1 Å². The molecule has 0 unspecified atom stereocenters. The standard InChI is InChI=1S/C10H9BrClN3O/c1-16-8-3-5(12)2-6(10(8)11)7-4-9(13)15-14-7/h2-4H,1H3,(H3,13,14,15). The average molecular weight is 303 g/mol. The number of anilines is 1. The first-order valence-electron chi connectivity index (χ1n) is 4.46. The van der Waals surface area contributed by atoms with Gasteiger partial charge in [-0.3, -0.25) is 5.10 Å². The third kappa shape index (κ3) is 2.01. The van der Waals surface area contributed by atoms with Gasteiger partial charge in [-0.25, -0.2) is 0 Å². The van der Waals surface area contributed by atoms with E-state index in [1.54, 1.807) is 25.3 Å². The number of nitrogens with zero attached hydrogens (tertiary/aromatic N) is 1. The summed E-state index contributed by atoms with van der Waals surface area (Å²) >= 11 is 9.44. The summed E-state index contributed by atoms with van der Waals surface area (Å²) in [5, 5.41) is 7.28. The summed E-state index contributed by atoms with van der Waals surface area (Å²) < 4.78 is 6.01. The van der Waals surface area contributed by atoms with Gasteiger partial charge in [0.15, 0.2) is 0 Å². The van der Waals surface area contributed by atoms with Gasteiger partial charge in [0, 0.05) is 16.7 Å². The van der Waals surface area contributed by atoms with Crippen LogP contribution >= 0.6 is 27.5 Å². The maximum atomic E-state index is 5.99. The molecule has 0 saturated carbocycles. The lowest BCUT2D eigenvalue weighted by molar-refractivity contribution is 0.412. The van der Waals surface area contributed by atoms with E-state index in [9.17, 15) is 0 Å². The van der Waals surface area contributed by atoms with Crippen molar-refractivity contribution in [1.82, 2.24) is 10.2 Å². The van der Waals surface area contributed by atoms with E-state index in [-0.39, 0.29) is 0 Å². The Morgan fingerprint density at radius 2 is 2.19 bits per heavy atom. The summed E-state index contributed by atoms with van der Waals surface area (Å²) in [6.45, 7) is 0. The lowest BCUT2D eigenvalue weighted by Gasteiger charge is -2.08. The highest BCUT2D eigenvalue weighted by Crippen LogP contribution is 2.37. The number of nitrogen functional groups attached to an aromatic ring is 1. The summed E-state index contributed by atoms with van der Waals surface area (Å²) in [5.74, 6) is 1.09. The summed E-state index contributed by atoms with van der Waals surface area (Å²) in [4.78, 5) is 0. The van der Waals surface area contributed by atoms with Crippen molar-refractivity contribution in [2.75, 3.05) is 12.8 Å². The van der Waals surface area contributed by atoms with Gasteiger partial charge in [0.2, 0.25) is 0 Å². The minimum absolute atomic E-state index is 0.431. The number of aromatic nitrogens is 2. The van der Waals surface area contributed by atoms with Crippen LogP contribution in [-0.4, -0.2) is 17.3 Å². The minimum Gasteiger partial charge on any atom is -0.495 e. The molecule has 2 aromatic rings. The average Bonchev–Trinajstić information content (AvgIpc) is 2.67. The van der Waals surface area contributed by atoms with E-state index >= 15 is 0 Å². The molecular formula is C10H9BrClN3O. The van der Waals surface area contributed by atoms with Crippen LogP contribution in [0.5, 0.6) is 5.75 Å². The fourth-order valence-corrected chi connectivity index (χ4v) is 2.20. The molecule has 0 spiro atoms. The number of rotatable bonds is 2. The van der Waals surface area contributed by atoms with Crippen molar-refractivity contribution < 1.29 is 4.74 Å². The van der Waals surface area contributed by atoms with Crippen LogP contribution in [0.2, 0.25) is 5.02 Å². The first-order valence-corrected chi connectivity index (χ1v) is 5.63. The maximum absolute atomic E-state index is 5.99. The quantitative estimate of drug-likeness (QED) is 0.896. The molecular weight excluding hydrogens is 293 g/mol. The van der Waals surface area contributed by atoms with E-state index in [4.69, 9.17) is 22.1 Å². The largest absolute Gasteiger partial charge is 0.495 e. The van der Waals surface area contributed by atoms with Gasteiger partial charge < -0.3 is 10.5 Å². The Balaban J connectivity index is 2.60. The summed E-state index contributed by atoms with van der Waals surface area (Å²) in [6.07, 6.45) is 0. The third-order valence-electron chi connectivity index (χ3n) is 2.11. The monoisotopic (exact) mass is 301 g/mol. The highest BCUT2D eigenvalue weighted by atomic mass is 79.9. The predicted octanol–water partition coefficient (Wildman–Crippen LogP) is 3.08. The van der Waals surface area contributed by atoms with Gasteiger partial charge >= 0.3 is 0 Å². The fourth-order valence-electron chi connectivity index (χ4n) is 1.38. The molecule has 0 fully saturated rings. The Morgan fingerprint density at radius 3 is 2.75 bits per heavy atom. The molecule has 0 radical (unpaired) electrons. The summed E-state index contributed by atoms with van der Waals surface area (Å²) in [6, 6.07) is 5.27. The van der Waals surface area contributed by atoms with Gasteiger partial charge in [0.1, 0.15) is 11.6 Å². The van der Waals surface area contributed by atoms with E-state index < -0.39 is 0 Å². The van der Waals surface area contributed by atoms with Crippen molar-refractivity contribution in [3.8, 4) is 17.0 Å². The summed E-state index contributed by atoms with van der Waals surface area (Å²) in [5.41, 5.74) is 7.19. The number of nitrogens with two attached hydrogens (primary N) is 1. The molecule has 4 nitrogen and oxygen atoms in total. The van der Waals surface area contributed by atoms with E-state index in [2.05, 4.69) is 26.1 Å². The molecule has 84 valence electrons. The number of aromatic amines is 1. The molecule has 0 aliphatic rings. The molecule has 2 rings (SSSR count). The van der Waals surface area contributed by atoms with Crippen molar-refractivity contribution in [2.45, 2.75) is 0 Å². The molecule has 0 aliphatic heterocycles. The third-order valence-corrected chi connectivity index (χ3v) is 3.15. The SMILES string of the molecule is COc1cc(Cl)cc(-c2cc(N)n[nH]2)c1Br. The number of ether oxygens (including phenoxy) is 1.